The number of rotatable bonds is 3. The van der Waals surface area contributed by atoms with Crippen LogP contribution in [0, 0.1) is 0 Å². The Morgan fingerprint density at radius 2 is 2.11 bits per heavy atom. The maximum absolute atomic E-state index is 6.02. The normalized spacial score (nSPS) is 10.8. The molecule has 3 aromatic rings. The third-order valence-corrected chi connectivity index (χ3v) is 3.06. The second kappa shape index (κ2) is 4.82. The average Bonchev–Trinajstić information content (AvgIpc) is 2.79. The highest BCUT2D eigenvalue weighted by molar-refractivity contribution is 6.32. The molecule has 0 aliphatic heterocycles. The van der Waals surface area contributed by atoms with Gasteiger partial charge in [-0.25, -0.2) is 4.98 Å². The van der Waals surface area contributed by atoms with Crippen molar-refractivity contribution in [3.05, 3.63) is 59.5 Å². The van der Waals surface area contributed by atoms with Crippen LogP contribution < -0.4 is 10.5 Å². The molecule has 0 unspecified atom stereocenters. The molecular weight excluding hydrogens is 262 g/mol. The van der Waals surface area contributed by atoms with E-state index in [4.69, 9.17) is 22.1 Å². The van der Waals surface area contributed by atoms with Crippen LogP contribution in [0.15, 0.2) is 48.8 Å². The van der Waals surface area contributed by atoms with Gasteiger partial charge in [-0.15, -0.1) is 0 Å². The van der Waals surface area contributed by atoms with Gasteiger partial charge in [0.25, 0.3) is 0 Å². The van der Waals surface area contributed by atoms with Gasteiger partial charge < -0.3 is 14.9 Å². The maximum atomic E-state index is 6.02. The van der Waals surface area contributed by atoms with Crippen LogP contribution in [0.3, 0.4) is 0 Å². The van der Waals surface area contributed by atoms with Gasteiger partial charge in [0, 0.05) is 24.1 Å². The highest BCUT2D eigenvalue weighted by Crippen LogP contribution is 2.24. The van der Waals surface area contributed by atoms with Crippen LogP contribution in [0.1, 0.15) is 5.69 Å². The molecule has 0 bridgehead atoms. The number of aromatic nitrogens is 2. The molecule has 0 aliphatic rings. The molecule has 0 radical (unpaired) electrons. The zero-order chi connectivity index (χ0) is 13.2. The summed E-state index contributed by atoms with van der Waals surface area (Å²) in [6, 6.07) is 11.0. The lowest BCUT2D eigenvalue weighted by molar-refractivity contribution is 0.302. The second-order valence-corrected chi connectivity index (χ2v) is 4.58. The topological polar surface area (TPSA) is 52.5 Å². The lowest BCUT2D eigenvalue weighted by atomic mass is 10.3. The van der Waals surface area contributed by atoms with Crippen LogP contribution in [0.25, 0.3) is 5.65 Å². The van der Waals surface area contributed by atoms with Crippen LogP contribution in [0.2, 0.25) is 5.02 Å². The molecule has 0 fully saturated rings. The highest BCUT2D eigenvalue weighted by atomic mass is 35.5. The quantitative estimate of drug-likeness (QED) is 0.797. The molecule has 2 N–H and O–H groups in total. The first-order valence-corrected chi connectivity index (χ1v) is 6.20. The fourth-order valence-electron chi connectivity index (χ4n) is 1.83. The lowest BCUT2D eigenvalue weighted by Gasteiger charge is -2.05. The Bertz CT molecular complexity index is 724. The molecule has 0 saturated carbocycles. The van der Waals surface area contributed by atoms with Crippen LogP contribution in [0.5, 0.6) is 5.75 Å². The van der Waals surface area contributed by atoms with Gasteiger partial charge in [0.1, 0.15) is 18.0 Å². The van der Waals surface area contributed by atoms with E-state index in [0.29, 0.717) is 23.1 Å². The van der Waals surface area contributed by atoms with Gasteiger partial charge in [-0.05, 0) is 18.2 Å². The average molecular weight is 274 g/mol. The Morgan fingerprint density at radius 1 is 1.26 bits per heavy atom. The number of anilines is 1. The van der Waals surface area contributed by atoms with Crippen molar-refractivity contribution in [2.24, 2.45) is 0 Å². The molecule has 0 saturated heterocycles. The van der Waals surface area contributed by atoms with E-state index >= 15 is 0 Å². The van der Waals surface area contributed by atoms with Crippen LogP contribution >= 0.6 is 11.6 Å². The van der Waals surface area contributed by atoms with Gasteiger partial charge in [-0.2, -0.15) is 0 Å². The number of nitrogen functional groups attached to an aromatic ring is 1. The summed E-state index contributed by atoms with van der Waals surface area (Å²) in [4.78, 5) is 4.43. The Balaban J connectivity index is 1.80. The summed E-state index contributed by atoms with van der Waals surface area (Å²) in [5.74, 6) is 0.653. The van der Waals surface area contributed by atoms with Crippen LogP contribution in [0.4, 0.5) is 5.69 Å². The van der Waals surface area contributed by atoms with Crippen molar-refractivity contribution in [2.75, 3.05) is 5.73 Å². The first kappa shape index (κ1) is 11.9. The van der Waals surface area contributed by atoms with Crippen molar-refractivity contribution in [3.8, 4) is 5.75 Å². The standard InChI is InChI=1S/C14H12ClN3O/c15-12-3-1-2-4-13(12)19-9-11-8-18-6-5-10(16)7-14(18)17-11/h1-8H,9,16H2. The van der Waals surface area contributed by atoms with E-state index in [-0.39, 0.29) is 0 Å². The molecule has 0 atom stereocenters. The monoisotopic (exact) mass is 273 g/mol. The smallest absolute Gasteiger partial charge is 0.139 e. The van der Waals surface area contributed by atoms with E-state index in [2.05, 4.69) is 4.98 Å². The summed E-state index contributed by atoms with van der Waals surface area (Å²) in [7, 11) is 0. The van der Waals surface area contributed by atoms with Crippen molar-refractivity contribution in [1.29, 1.82) is 0 Å². The van der Waals surface area contributed by atoms with Gasteiger partial charge in [-0.3, -0.25) is 0 Å². The predicted octanol–water partition coefficient (Wildman–Crippen LogP) is 3.15. The molecule has 2 aromatic heterocycles. The Kier molecular flexibility index (Phi) is 3.01. The zero-order valence-electron chi connectivity index (χ0n) is 10.1. The van der Waals surface area contributed by atoms with E-state index < -0.39 is 0 Å². The maximum Gasteiger partial charge on any atom is 0.139 e. The van der Waals surface area contributed by atoms with Gasteiger partial charge >= 0.3 is 0 Å². The van der Waals surface area contributed by atoms with Crippen molar-refractivity contribution in [3.63, 3.8) is 0 Å². The summed E-state index contributed by atoms with van der Waals surface area (Å²) in [6.45, 7) is 0.366. The number of para-hydroxylation sites is 1. The number of hydrogen-bond acceptors (Lipinski definition) is 3. The first-order chi connectivity index (χ1) is 9.22. The molecule has 0 amide bonds. The number of pyridine rings is 1. The van der Waals surface area contributed by atoms with Crippen molar-refractivity contribution in [2.45, 2.75) is 6.61 Å². The van der Waals surface area contributed by atoms with Gasteiger partial charge in [0.15, 0.2) is 0 Å². The first-order valence-electron chi connectivity index (χ1n) is 5.83. The molecule has 2 heterocycles. The molecule has 96 valence electrons. The summed E-state index contributed by atoms with van der Waals surface area (Å²) in [6.07, 6.45) is 3.78. The molecule has 3 rings (SSSR count). The largest absolute Gasteiger partial charge is 0.486 e. The van der Waals surface area contributed by atoms with Crippen LogP contribution in [-0.4, -0.2) is 9.38 Å². The SMILES string of the molecule is Nc1ccn2cc(COc3ccccc3Cl)nc2c1. The number of nitrogens with zero attached hydrogens (tertiary/aromatic N) is 2. The number of ether oxygens (including phenoxy) is 1. The third-order valence-electron chi connectivity index (χ3n) is 2.75. The van der Waals surface area contributed by atoms with Gasteiger partial charge in [-0.1, -0.05) is 23.7 Å². The van der Waals surface area contributed by atoms with Crippen LogP contribution in [-0.2, 0) is 6.61 Å². The van der Waals surface area contributed by atoms with Crippen molar-refractivity contribution >= 4 is 22.9 Å². The number of benzene rings is 1. The predicted molar refractivity (Wildman–Crippen MR) is 75.4 cm³/mol. The minimum Gasteiger partial charge on any atom is -0.486 e. The van der Waals surface area contributed by atoms with E-state index in [9.17, 15) is 0 Å². The Labute approximate surface area is 115 Å². The summed E-state index contributed by atoms with van der Waals surface area (Å²) < 4.78 is 7.55. The molecule has 5 heteroatoms. The molecule has 0 aliphatic carbocycles. The molecule has 0 spiro atoms. The minimum absolute atomic E-state index is 0.366. The molecular formula is C14H12ClN3O. The highest BCUT2D eigenvalue weighted by Gasteiger charge is 2.04. The second-order valence-electron chi connectivity index (χ2n) is 4.18. The Hall–Kier alpha value is -2.20. The fourth-order valence-corrected chi connectivity index (χ4v) is 2.02. The molecule has 4 nitrogen and oxygen atoms in total. The number of nitrogens with two attached hydrogens (primary N) is 1. The Morgan fingerprint density at radius 3 is 2.95 bits per heavy atom. The van der Waals surface area contributed by atoms with E-state index in [0.717, 1.165) is 11.3 Å². The number of hydrogen-bond donors (Lipinski definition) is 1. The van der Waals surface area contributed by atoms with Gasteiger partial charge in [0.05, 0.1) is 10.7 Å². The zero-order valence-corrected chi connectivity index (χ0v) is 10.8. The van der Waals surface area contributed by atoms with Crippen molar-refractivity contribution < 1.29 is 4.74 Å². The number of imidazole rings is 1. The summed E-state index contributed by atoms with van der Waals surface area (Å²) >= 11 is 6.02. The fraction of sp³-hybridized carbons (Fsp3) is 0.0714. The van der Waals surface area contributed by atoms with E-state index in [1.54, 1.807) is 6.07 Å². The minimum atomic E-state index is 0.366. The molecule has 1 aromatic carbocycles. The molecule has 19 heavy (non-hydrogen) atoms. The number of fused-ring (bicyclic) bond motifs is 1. The third kappa shape index (κ3) is 2.48. The summed E-state index contributed by atoms with van der Waals surface area (Å²) in [5.41, 5.74) is 8.04. The summed E-state index contributed by atoms with van der Waals surface area (Å²) in [5, 5.41) is 0.593. The van der Waals surface area contributed by atoms with E-state index in [1.807, 2.05) is 47.1 Å². The number of halogens is 1. The van der Waals surface area contributed by atoms with Crippen molar-refractivity contribution in [1.82, 2.24) is 9.38 Å². The lowest BCUT2D eigenvalue weighted by Crippen LogP contribution is -1.95. The van der Waals surface area contributed by atoms with Gasteiger partial charge in [0.2, 0.25) is 0 Å². The van der Waals surface area contributed by atoms with E-state index in [1.165, 1.54) is 0 Å².